The third-order valence-corrected chi connectivity index (χ3v) is 7.91. The first-order chi connectivity index (χ1) is 18.4. The summed E-state index contributed by atoms with van der Waals surface area (Å²) in [7, 11) is 1.69. The molecule has 10 heteroatoms. The average molecular weight is 532 g/mol. The quantitative estimate of drug-likeness (QED) is 0.470. The van der Waals surface area contributed by atoms with E-state index in [-0.39, 0.29) is 29.4 Å². The number of esters is 1. The summed E-state index contributed by atoms with van der Waals surface area (Å²) >= 11 is 1.17. The SMILES string of the molecule is CCCC1=C(C(=O)OCC)[C@@H](c2ccc3c(c2)OCO3)n2c(s/c(=C3\C(=O)N(C)c4ccccc43)c2=O)=N1. The summed E-state index contributed by atoms with van der Waals surface area (Å²) in [4.78, 5) is 47.6. The Balaban J connectivity index is 1.66. The number of allylic oxidation sites excluding steroid dienone is 1. The molecule has 0 saturated heterocycles. The molecule has 4 heterocycles. The molecule has 1 amide bonds. The monoisotopic (exact) mass is 531 g/mol. The first kappa shape index (κ1) is 24.2. The lowest BCUT2D eigenvalue weighted by atomic mass is 9.94. The lowest BCUT2D eigenvalue weighted by Crippen LogP contribution is -2.41. The Labute approximate surface area is 221 Å². The summed E-state index contributed by atoms with van der Waals surface area (Å²) in [5.74, 6) is 0.345. The van der Waals surface area contributed by atoms with E-state index >= 15 is 0 Å². The normalized spacial score (nSPS) is 18.9. The van der Waals surface area contributed by atoms with Gasteiger partial charge in [-0.05, 0) is 37.1 Å². The van der Waals surface area contributed by atoms with Crippen LogP contribution in [0.1, 0.15) is 43.9 Å². The minimum Gasteiger partial charge on any atom is -0.463 e. The zero-order valence-electron chi connectivity index (χ0n) is 21.1. The van der Waals surface area contributed by atoms with Crippen LogP contribution in [0.4, 0.5) is 5.69 Å². The van der Waals surface area contributed by atoms with Gasteiger partial charge in [-0.15, -0.1) is 0 Å². The first-order valence-electron chi connectivity index (χ1n) is 12.5. The van der Waals surface area contributed by atoms with Crippen molar-refractivity contribution in [1.82, 2.24) is 4.57 Å². The van der Waals surface area contributed by atoms with Crippen LogP contribution in [-0.2, 0) is 14.3 Å². The van der Waals surface area contributed by atoms with E-state index in [9.17, 15) is 14.4 Å². The Bertz CT molecular complexity index is 1720. The highest BCUT2D eigenvalue weighted by atomic mass is 32.1. The number of hydrogen-bond donors (Lipinski definition) is 0. The van der Waals surface area contributed by atoms with Gasteiger partial charge in [-0.3, -0.25) is 14.2 Å². The third kappa shape index (κ3) is 3.59. The predicted octanol–water partition coefficient (Wildman–Crippen LogP) is 2.65. The number of carbonyl (C=O) groups excluding carboxylic acids is 2. The summed E-state index contributed by atoms with van der Waals surface area (Å²) in [6.07, 6.45) is 1.27. The van der Waals surface area contributed by atoms with E-state index < -0.39 is 12.0 Å². The average Bonchev–Trinajstić information content (AvgIpc) is 3.58. The Morgan fingerprint density at radius 1 is 1.13 bits per heavy atom. The molecule has 2 aromatic carbocycles. The number of aromatic nitrogens is 1. The molecule has 3 aromatic rings. The maximum atomic E-state index is 14.2. The van der Waals surface area contributed by atoms with E-state index in [1.165, 1.54) is 15.9 Å². The molecule has 3 aliphatic heterocycles. The predicted molar refractivity (Wildman–Crippen MR) is 141 cm³/mol. The number of carbonyl (C=O) groups is 2. The molecule has 0 bridgehead atoms. The topological polar surface area (TPSA) is 99.4 Å². The molecule has 0 spiro atoms. The van der Waals surface area contributed by atoms with Gasteiger partial charge in [-0.1, -0.05) is 48.9 Å². The number of anilines is 1. The van der Waals surface area contributed by atoms with Crippen LogP contribution in [0.15, 0.2) is 63.5 Å². The van der Waals surface area contributed by atoms with Gasteiger partial charge in [0.1, 0.15) is 4.53 Å². The summed E-state index contributed by atoms with van der Waals surface area (Å²) in [5.41, 5.74) is 2.94. The summed E-state index contributed by atoms with van der Waals surface area (Å²) < 4.78 is 18.3. The van der Waals surface area contributed by atoms with Crippen molar-refractivity contribution < 1.29 is 23.8 Å². The molecule has 194 valence electrons. The molecule has 0 fully saturated rings. The molecule has 1 aromatic heterocycles. The standard InChI is InChI=1S/C28H25N3O6S/c1-4-8-17-22(27(34)35-5-2)23(15-11-12-19-20(13-15)37-14-36-19)31-26(33)24(38-28(31)29-17)21-16-9-6-7-10-18(16)30(3)25(21)32/h6-7,9-13,23H,4-5,8,14H2,1-3H3/b24-21-/t23-/m1/s1. The fourth-order valence-corrected chi connectivity index (χ4v) is 6.27. The van der Waals surface area contributed by atoms with Crippen LogP contribution in [0.3, 0.4) is 0 Å². The number of hydrogen-bond acceptors (Lipinski definition) is 8. The third-order valence-electron chi connectivity index (χ3n) is 6.86. The highest BCUT2D eigenvalue weighted by Gasteiger charge is 2.37. The maximum Gasteiger partial charge on any atom is 0.338 e. The van der Waals surface area contributed by atoms with Crippen LogP contribution < -0.4 is 29.3 Å². The smallest absolute Gasteiger partial charge is 0.338 e. The fraction of sp³-hybridized carbons (Fsp3) is 0.286. The van der Waals surface area contributed by atoms with Crippen LogP contribution >= 0.6 is 11.3 Å². The molecular formula is C28H25N3O6S. The summed E-state index contributed by atoms with van der Waals surface area (Å²) in [5, 5.41) is 0. The summed E-state index contributed by atoms with van der Waals surface area (Å²) in [6, 6.07) is 12.0. The molecule has 1 atom stereocenters. The zero-order chi connectivity index (χ0) is 26.6. The Hall–Kier alpha value is -4.18. The number of benzene rings is 2. The van der Waals surface area contributed by atoms with Gasteiger partial charge in [0.25, 0.3) is 11.5 Å². The van der Waals surface area contributed by atoms with E-state index in [0.29, 0.717) is 50.7 Å². The van der Waals surface area contributed by atoms with Gasteiger partial charge < -0.3 is 19.1 Å². The molecule has 6 rings (SSSR count). The van der Waals surface area contributed by atoms with Crippen molar-refractivity contribution in [2.45, 2.75) is 32.7 Å². The second-order valence-corrected chi connectivity index (χ2v) is 10.1. The van der Waals surface area contributed by atoms with E-state index in [4.69, 9.17) is 19.2 Å². The number of nitrogens with zero attached hydrogens (tertiary/aromatic N) is 3. The van der Waals surface area contributed by atoms with Crippen LogP contribution in [0.5, 0.6) is 11.5 Å². The number of amides is 1. The molecule has 0 saturated carbocycles. The van der Waals surface area contributed by atoms with Gasteiger partial charge in [-0.2, -0.15) is 0 Å². The van der Waals surface area contributed by atoms with Crippen LogP contribution in [0.25, 0.3) is 5.57 Å². The second kappa shape index (κ2) is 9.29. The molecule has 3 aliphatic rings. The van der Waals surface area contributed by atoms with Crippen LogP contribution in [0.2, 0.25) is 0 Å². The largest absolute Gasteiger partial charge is 0.463 e. The molecular weight excluding hydrogens is 506 g/mol. The Kier molecular flexibility index (Phi) is 5.91. The van der Waals surface area contributed by atoms with Gasteiger partial charge in [0.15, 0.2) is 16.3 Å². The van der Waals surface area contributed by atoms with Crippen molar-refractivity contribution in [2.75, 3.05) is 25.3 Å². The fourth-order valence-electron chi connectivity index (χ4n) is 5.16. The summed E-state index contributed by atoms with van der Waals surface area (Å²) in [6.45, 7) is 4.02. The Morgan fingerprint density at radius 2 is 1.92 bits per heavy atom. The number of ether oxygens (including phenoxy) is 3. The minimum absolute atomic E-state index is 0.0988. The van der Waals surface area contributed by atoms with E-state index in [1.807, 2.05) is 37.3 Å². The highest BCUT2D eigenvalue weighted by molar-refractivity contribution is 7.07. The number of likely N-dealkylation sites (N-methyl/N-ethyl adjacent to an activating group) is 1. The molecule has 0 unspecified atom stereocenters. The lowest BCUT2D eigenvalue weighted by Gasteiger charge is -2.25. The molecule has 0 radical (unpaired) electrons. The zero-order valence-corrected chi connectivity index (χ0v) is 22.0. The number of thiazole rings is 1. The van der Waals surface area contributed by atoms with Gasteiger partial charge in [0.2, 0.25) is 6.79 Å². The van der Waals surface area contributed by atoms with Crippen LogP contribution in [-0.4, -0.2) is 36.9 Å². The van der Waals surface area contributed by atoms with Gasteiger partial charge in [0.05, 0.1) is 35.2 Å². The molecule has 0 aliphatic carbocycles. The van der Waals surface area contributed by atoms with Crippen molar-refractivity contribution in [1.29, 1.82) is 0 Å². The second-order valence-electron chi connectivity index (χ2n) is 9.10. The van der Waals surface area contributed by atoms with Gasteiger partial charge in [-0.25, -0.2) is 9.79 Å². The highest BCUT2D eigenvalue weighted by Crippen LogP contribution is 2.39. The molecule has 0 N–H and O–H groups in total. The minimum atomic E-state index is -0.805. The number of rotatable bonds is 5. The molecule has 38 heavy (non-hydrogen) atoms. The van der Waals surface area contributed by atoms with Crippen molar-refractivity contribution >= 4 is 34.5 Å². The lowest BCUT2D eigenvalue weighted by molar-refractivity contribution is -0.139. The number of fused-ring (bicyclic) bond motifs is 3. The van der Waals surface area contributed by atoms with Crippen molar-refractivity contribution in [3.8, 4) is 11.5 Å². The van der Waals surface area contributed by atoms with E-state index in [1.54, 1.807) is 31.0 Å². The van der Waals surface area contributed by atoms with Crippen molar-refractivity contribution in [3.05, 3.63) is 84.5 Å². The van der Waals surface area contributed by atoms with Crippen LogP contribution in [0, 0.1) is 0 Å². The van der Waals surface area contributed by atoms with Crippen molar-refractivity contribution in [3.63, 3.8) is 0 Å². The van der Waals surface area contributed by atoms with Gasteiger partial charge in [0, 0.05) is 12.6 Å². The first-order valence-corrected chi connectivity index (χ1v) is 13.3. The number of para-hydroxylation sites is 1. The van der Waals surface area contributed by atoms with E-state index in [2.05, 4.69) is 0 Å². The Morgan fingerprint density at radius 3 is 2.71 bits per heavy atom. The van der Waals surface area contributed by atoms with Crippen molar-refractivity contribution in [2.24, 2.45) is 4.99 Å². The van der Waals surface area contributed by atoms with E-state index in [0.717, 1.165) is 12.1 Å². The maximum absolute atomic E-state index is 14.2. The molecule has 9 nitrogen and oxygen atoms in total. The van der Waals surface area contributed by atoms with Gasteiger partial charge >= 0.3 is 5.97 Å².